The second-order valence-electron chi connectivity index (χ2n) is 10.6. The summed E-state index contributed by atoms with van der Waals surface area (Å²) in [4.78, 5) is 15.6. The van der Waals surface area contributed by atoms with Crippen molar-refractivity contribution in [3.05, 3.63) is 108 Å². The number of hydrogen-bond acceptors (Lipinski definition) is 6. The zero-order valence-electron chi connectivity index (χ0n) is 23.3. The van der Waals surface area contributed by atoms with Crippen molar-refractivity contribution in [2.75, 3.05) is 6.61 Å². The number of para-hydroxylation sites is 1. The van der Waals surface area contributed by atoms with Crippen molar-refractivity contribution >= 4 is 22.9 Å². The molecule has 1 saturated carbocycles. The average molecular weight is 573 g/mol. The molecule has 1 aliphatic carbocycles. The lowest BCUT2D eigenvalue weighted by Crippen LogP contribution is -2.26. The van der Waals surface area contributed by atoms with Crippen LogP contribution in [0.2, 0.25) is 0 Å². The molecule has 6 N–H and O–H groups in total. The SMILES string of the molecule is N[C@@H](CO)Cc1ccccc1.O=C(O)C[C@H](O)C[C@H](O)/C=C/c1c(C2CC2)nc2ccccc2c1-c1ccc(F)cc1. The van der Waals surface area contributed by atoms with Gasteiger partial charge in [-0.25, -0.2) is 4.39 Å². The zero-order chi connectivity index (χ0) is 30.1. The van der Waals surface area contributed by atoms with E-state index in [-0.39, 0.29) is 24.9 Å². The highest BCUT2D eigenvalue weighted by Gasteiger charge is 2.29. The Hall–Kier alpha value is -3.95. The molecule has 7 nitrogen and oxygen atoms in total. The summed E-state index contributed by atoms with van der Waals surface area (Å²) in [7, 11) is 0. The molecule has 1 aliphatic rings. The van der Waals surface area contributed by atoms with Gasteiger partial charge in [0.25, 0.3) is 0 Å². The molecular weight excluding hydrogens is 535 g/mol. The molecule has 0 amide bonds. The monoisotopic (exact) mass is 572 g/mol. The number of aromatic nitrogens is 1. The van der Waals surface area contributed by atoms with Crippen LogP contribution in [-0.2, 0) is 11.2 Å². The summed E-state index contributed by atoms with van der Waals surface area (Å²) in [5.74, 6) is -1.10. The Bertz CT molecular complexity index is 1490. The molecule has 220 valence electrons. The Balaban J connectivity index is 0.000000310. The van der Waals surface area contributed by atoms with Crippen molar-refractivity contribution in [3.8, 4) is 11.1 Å². The van der Waals surface area contributed by atoms with Crippen LogP contribution in [0.1, 0.15) is 48.4 Å². The molecule has 0 aliphatic heterocycles. The lowest BCUT2D eigenvalue weighted by atomic mass is 9.92. The van der Waals surface area contributed by atoms with Gasteiger partial charge in [-0.05, 0) is 48.6 Å². The number of aliphatic hydroxyl groups excluding tert-OH is 3. The van der Waals surface area contributed by atoms with E-state index in [9.17, 15) is 19.4 Å². The fourth-order valence-corrected chi connectivity index (χ4v) is 4.84. The molecule has 1 heterocycles. The molecule has 0 unspecified atom stereocenters. The van der Waals surface area contributed by atoms with Gasteiger partial charge in [-0.15, -0.1) is 0 Å². The number of hydrogen-bond donors (Lipinski definition) is 5. The number of benzene rings is 3. The van der Waals surface area contributed by atoms with Crippen molar-refractivity contribution in [2.24, 2.45) is 5.73 Å². The van der Waals surface area contributed by atoms with Gasteiger partial charge in [-0.3, -0.25) is 9.78 Å². The van der Waals surface area contributed by atoms with E-state index in [1.807, 2.05) is 54.6 Å². The maximum absolute atomic E-state index is 13.6. The second-order valence-corrected chi connectivity index (χ2v) is 10.6. The highest BCUT2D eigenvalue weighted by atomic mass is 19.1. The van der Waals surface area contributed by atoms with Crippen LogP contribution in [0.3, 0.4) is 0 Å². The number of carboxylic acids is 1. The van der Waals surface area contributed by atoms with Gasteiger partial charge < -0.3 is 26.2 Å². The molecule has 42 heavy (non-hydrogen) atoms. The first-order chi connectivity index (χ1) is 20.2. The van der Waals surface area contributed by atoms with Crippen molar-refractivity contribution in [3.63, 3.8) is 0 Å². The molecule has 0 bridgehead atoms. The Morgan fingerprint density at radius 3 is 2.31 bits per heavy atom. The third-order valence-corrected chi connectivity index (χ3v) is 7.04. The molecule has 0 saturated heterocycles. The summed E-state index contributed by atoms with van der Waals surface area (Å²) in [6.45, 7) is 0.0505. The van der Waals surface area contributed by atoms with Crippen LogP contribution in [0.5, 0.6) is 0 Å². The quantitative estimate of drug-likeness (QED) is 0.169. The number of pyridine rings is 1. The van der Waals surface area contributed by atoms with E-state index in [2.05, 4.69) is 0 Å². The molecule has 5 rings (SSSR count). The van der Waals surface area contributed by atoms with Gasteiger partial charge in [0.05, 0.1) is 36.4 Å². The fraction of sp³-hybridized carbons (Fsp3) is 0.294. The Labute approximate surface area is 244 Å². The first kappa shape index (κ1) is 31.0. The summed E-state index contributed by atoms with van der Waals surface area (Å²) in [6, 6.07) is 23.9. The van der Waals surface area contributed by atoms with Crippen molar-refractivity contribution in [1.82, 2.24) is 4.98 Å². The van der Waals surface area contributed by atoms with Crippen LogP contribution in [0.25, 0.3) is 28.1 Å². The van der Waals surface area contributed by atoms with Crippen LogP contribution < -0.4 is 5.73 Å². The van der Waals surface area contributed by atoms with E-state index < -0.39 is 24.6 Å². The van der Waals surface area contributed by atoms with E-state index >= 15 is 0 Å². The minimum atomic E-state index is -1.13. The predicted molar refractivity (Wildman–Crippen MR) is 162 cm³/mol. The van der Waals surface area contributed by atoms with Crippen LogP contribution >= 0.6 is 0 Å². The number of halogens is 1. The van der Waals surface area contributed by atoms with Crippen LogP contribution in [0.15, 0.2) is 84.9 Å². The lowest BCUT2D eigenvalue weighted by molar-refractivity contribution is -0.139. The molecule has 3 aromatic carbocycles. The molecule has 4 aromatic rings. The Kier molecular flexibility index (Phi) is 10.9. The summed E-state index contributed by atoms with van der Waals surface area (Å²) in [5.41, 5.74) is 11.2. The molecule has 0 radical (unpaired) electrons. The average Bonchev–Trinajstić information content (AvgIpc) is 3.82. The number of carbonyl (C=O) groups is 1. The van der Waals surface area contributed by atoms with Gasteiger partial charge in [0.1, 0.15) is 5.82 Å². The van der Waals surface area contributed by atoms with Gasteiger partial charge in [-0.1, -0.05) is 72.8 Å². The number of nitrogens with zero attached hydrogens (tertiary/aromatic N) is 1. The number of aliphatic hydroxyl groups is 3. The molecule has 1 aromatic heterocycles. The van der Waals surface area contributed by atoms with E-state index in [1.165, 1.54) is 17.7 Å². The smallest absolute Gasteiger partial charge is 0.305 e. The van der Waals surface area contributed by atoms with Crippen LogP contribution in [-0.4, -0.2) is 56.2 Å². The fourth-order valence-electron chi connectivity index (χ4n) is 4.84. The third-order valence-electron chi connectivity index (χ3n) is 7.04. The van der Waals surface area contributed by atoms with Gasteiger partial charge in [0, 0.05) is 34.9 Å². The summed E-state index contributed by atoms with van der Waals surface area (Å²) in [5, 5.41) is 38.6. The molecule has 3 atom stereocenters. The van der Waals surface area contributed by atoms with E-state index in [0.29, 0.717) is 5.92 Å². The van der Waals surface area contributed by atoms with Crippen molar-refractivity contribution < 1.29 is 29.6 Å². The maximum atomic E-state index is 13.6. The normalized spacial score (nSPS) is 15.2. The summed E-state index contributed by atoms with van der Waals surface area (Å²) in [6.07, 6.45) is 3.55. The number of fused-ring (bicyclic) bond motifs is 1. The minimum absolute atomic E-state index is 0.0505. The van der Waals surface area contributed by atoms with Crippen molar-refractivity contribution in [2.45, 2.75) is 56.3 Å². The van der Waals surface area contributed by atoms with Crippen LogP contribution in [0.4, 0.5) is 4.39 Å². The zero-order valence-corrected chi connectivity index (χ0v) is 23.3. The molecular formula is C34H37FN2O5. The van der Waals surface area contributed by atoms with Gasteiger partial charge in [0.15, 0.2) is 0 Å². The van der Waals surface area contributed by atoms with Gasteiger partial charge in [0.2, 0.25) is 0 Å². The van der Waals surface area contributed by atoms with E-state index in [1.54, 1.807) is 24.3 Å². The molecule has 1 fully saturated rings. The van der Waals surface area contributed by atoms with Crippen molar-refractivity contribution in [1.29, 1.82) is 0 Å². The maximum Gasteiger partial charge on any atom is 0.305 e. The van der Waals surface area contributed by atoms with Gasteiger partial charge >= 0.3 is 5.97 Å². The van der Waals surface area contributed by atoms with E-state index in [4.69, 9.17) is 20.9 Å². The topological polar surface area (TPSA) is 137 Å². The summed E-state index contributed by atoms with van der Waals surface area (Å²) < 4.78 is 13.6. The lowest BCUT2D eigenvalue weighted by Gasteiger charge is -2.16. The van der Waals surface area contributed by atoms with Crippen LogP contribution in [0, 0.1) is 5.82 Å². The first-order valence-corrected chi connectivity index (χ1v) is 14.1. The number of carboxylic acid groups (broad SMARTS) is 1. The third kappa shape index (κ3) is 8.77. The predicted octanol–water partition coefficient (Wildman–Crippen LogP) is 5.07. The minimum Gasteiger partial charge on any atom is -0.481 e. The highest BCUT2D eigenvalue weighted by Crippen LogP contribution is 2.45. The first-order valence-electron chi connectivity index (χ1n) is 14.1. The molecule has 0 spiro atoms. The standard InChI is InChI=1S/C25H24FNO4.C9H13NO/c26-17-9-7-15(8-10-17)24-20-3-1-2-4-22(20)27-25(16-5-6-16)21(24)12-11-18(28)13-19(29)14-23(30)31;10-9(7-11)6-8-4-2-1-3-5-8/h1-4,7-12,16,18-19,28-29H,5-6,13-14H2,(H,30,31);1-5,9,11H,6-7,10H2/b12-11+;/t18-,19-;9-/m11/s1. The Morgan fingerprint density at radius 1 is 1.00 bits per heavy atom. The summed E-state index contributed by atoms with van der Waals surface area (Å²) >= 11 is 0. The largest absolute Gasteiger partial charge is 0.481 e. The number of nitrogens with two attached hydrogens (primary N) is 1. The highest BCUT2D eigenvalue weighted by molar-refractivity contribution is 5.99. The Morgan fingerprint density at radius 2 is 1.67 bits per heavy atom. The second kappa shape index (κ2) is 14.8. The number of aliphatic carboxylic acids is 1. The number of rotatable bonds is 11. The molecule has 8 heteroatoms. The van der Waals surface area contributed by atoms with E-state index in [0.717, 1.165) is 52.5 Å². The van der Waals surface area contributed by atoms with Gasteiger partial charge in [-0.2, -0.15) is 0 Å².